The van der Waals surface area contributed by atoms with Crippen molar-refractivity contribution in [3.8, 4) is 11.5 Å². The van der Waals surface area contributed by atoms with Crippen LogP contribution in [-0.2, 0) is 9.53 Å². The summed E-state index contributed by atoms with van der Waals surface area (Å²) in [5.41, 5.74) is 0.293. The Balaban J connectivity index is 2.18. The maximum atomic E-state index is 12.5. The van der Waals surface area contributed by atoms with Crippen LogP contribution in [-0.4, -0.2) is 42.3 Å². The van der Waals surface area contributed by atoms with Crippen LogP contribution in [0.5, 0.6) is 11.5 Å². The molecule has 0 saturated heterocycles. The molecule has 0 aliphatic carbocycles. The van der Waals surface area contributed by atoms with E-state index in [1.807, 2.05) is 0 Å². The molecule has 0 aromatic heterocycles. The van der Waals surface area contributed by atoms with Crippen LogP contribution in [0.2, 0.25) is 0 Å². The third-order valence-corrected chi connectivity index (χ3v) is 4.28. The second-order valence-electron chi connectivity index (χ2n) is 5.68. The lowest BCUT2D eigenvalue weighted by molar-refractivity contribution is -0.385. The first-order valence-electron chi connectivity index (χ1n) is 7.85. The zero-order chi connectivity index (χ0) is 19.0. The van der Waals surface area contributed by atoms with Gasteiger partial charge in [0.05, 0.1) is 34.8 Å². The summed E-state index contributed by atoms with van der Waals surface area (Å²) >= 11 is 0. The summed E-state index contributed by atoms with van der Waals surface area (Å²) in [6.45, 7) is 3.30. The summed E-state index contributed by atoms with van der Waals surface area (Å²) in [6.07, 6.45) is 0. The van der Waals surface area contributed by atoms with E-state index >= 15 is 0 Å². The highest BCUT2D eigenvalue weighted by Gasteiger charge is 2.39. The number of allylic oxidation sites excluding steroid dienone is 1. The van der Waals surface area contributed by atoms with E-state index in [4.69, 9.17) is 14.2 Å². The van der Waals surface area contributed by atoms with Crippen molar-refractivity contribution in [1.29, 1.82) is 0 Å². The van der Waals surface area contributed by atoms with Crippen LogP contribution in [0.15, 0.2) is 23.4 Å². The summed E-state index contributed by atoms with van der Waals surface area (Å²) < 4.78 is 15.5. The Hall–Kier alpha value is -3.30. The van der Waals surface area contributed by atoms with Gasteiger partial charge in [-0.15, -0.1) is 0 Å². The fourth-order valence-corrected chi connectivity index (χ4v) is 2.88. The first-order chi connectivity index (χ1) is 12.3. The number of carbonyl (C=O) groups is 2. The van der Waals surface area contributed by atoms with Gasteiger partial charge in [0, 0.05) is 12.7 Å². The topological polar surface area (TPSA) is 120 Å². The molecule has 3 rings (SSSR count). The lowest BCUT2D eigenvalue weighted by Gasteiger charge is -2.33. The number of esters is 1. The number of hydrogen-bond acceptors (Lipinski definition) is 7. The summed E-state index contributed by atoms with van der Waals surface area (Å²) in [4.78, 5) is 36.9. The van der Waals surface area contributed by atoms with Gasteiger partial charge in [-0.1, -0.05) is 0 Å². The molecule has 138 valence electrons. The van der Waals surface area contributed by atoms with Gasteiger partial charge in [0.25, 0.3) is 5.69 Å². The molecule has 10 heteroatoms. The molecule has 1 atom stereocenters. The Labute approximate surface area is 148 Å². The molecule has 2 heterocycles. The van der Waals surface area contributed by atoms with Gasteiger partial charge < -0.3 is 24.4 Å². The second kappa shape index (κ2) is 6.54. The molecule has 1 aromatic rings. The minimum Gasteiger partial charge on any atom is -0.463 e. The quantitative estimate of drug-likeness (QED) is 0.492. The van der Waals surface area contributed by atoms with Gasteiger partial charge in [0.1, 0.15) is 0 Å². The number of fused-ring (bicyclic) bond motifs is 1. The predicted octanol–water partition coefficient (Wildman–Crippen LogP) is 1.86. The maximum Gasteiger partial charge on any atom is 0.338 e. The average Bonchev–Trinajstić information content (AvgIpc) is 3.05. The Kier molecular flexibility index (Phi) is 4.41. The number of amides is 2. The van der Waals surface area contributed by atoms with Crippen LogP contribution < -0.4 is 14.8 Å². The minimum atomic E-state index is -1.05. The first kappa shape index (κ1) is 17.5. The van der Waals surface area contributed by atoms with Crippen molar-refractivity contribution >= 4 is 17.7 Å². The van der Waals surface area contributed by atoms with Crippen LogP contribution in [0, 0.1) is 10.1 Å². The van der Waals surface area contributed by atoms with Gasteiger partial charge in [-0.2, -0.15) is 0 Å². The SMILES string of the molecule is CCOC(=O)C1=C(C)N(C)C(=O)N[C@@H]1c1cc2c(cc1[N+](=O)[O-])OCO2. The third-order valence-electron chi connectivity index (χ3n) is 4.28. The summed E-state index contributed by atoms with van der Waals surface area (Å²) in [6, 6.07) is 1.09. The normalized spacial score (nSPS) is 18.7. The number of hydrogen-bond donors (Lipinski definition) is 1. The molecule has 2 aliphatic heterocycles. The molecular weight excluding hydrogens is 346 g/mol. The standard InChI is InChI=1S/C16H17N3O7/c1-4-24-15(20)13-8(2)18(3)16(21)17-14(13)9-5-11-12(26-7-25-11)6-10(9)19(22)23/h5-6,14H,4,7H2,1-3H3,(H,17,21)/t14-/m1/s1. The van der Waals surface area contributed by atoms with E-state index in [0.29, 0.717) is 11.4 Å². The number of carbonyl (C=O) groups excluding carboxylic acids is 2. The molecular formula is C16H17N3O7. The first-order valence-corrected chi connectivity index (χ1v) is 7.85. The van der Waals surface area contributed by atoms with E-state index in [1.54, 1.807) is 13.8 Å². The van der Waals surface area contributed by atoms with Crippen molar-refractivity contribution in [3.05, 3.63) is 39.1 Å². The van der Waals surface area contributed by atoms with Gasteiger partial charge in [0.2, 0.25) is 6.79 Å². The number of nitro groups is 1. The molecule has 0 spiro atoms. The monoisotopic (exact) mass is 363 g/mol. The van der Waals surface area contributed by atoms with Crippen molar-refractivity contribution < 1.29 is 28.7 Å². The van der Waals surface area contributed by atoms with Crippen molar-refractivity contribution in [2.24, 2.45) is 0 Å². The van der Waals surface area contributed by atoms with E-state index in [0.717, 1.165) is 0 Å². The molecule has 0 radical (unpaired) electrons. The summed E-state index contributed by atoms with van der Waals surface area (Å²) in [5.74, 6) is -0.119. The molecule has 1 N–H and O–H groups in total. The highest BCUT2D eigenvalue weighted by atomic mass is 16.7. The molecule has 1 aromatic carbocycles. The maximum absolute atomic E-state index is 12.5. The van der Waals surface area contributed by atoms with Crippen molar-refractivity contribution in [2.75, 3.05) is 20.4 Å². The zero-order valence-electron chi connectivity index (χ0n) is 14.4. The number of nitrogens with zero attached hydrogens (tertiary/aromatic N) is 2. The lowest BCUT2D eigenvalue weighted by atomic mass is 9.93. The molecule has 0 saturated carbocycles. The molecule has 26 heavy (non-hydrogen) atoms. The van der Waals surface area contributed by atoms with Crippen molar-refractivity contribution in [1.82, 2.24) is 10.2 Å². The highest BCUT2D eigenvalue weighted by Crippen LogP contribution is 2.43. The van der Waals surface area contributed by atoms with E-state index in [-0.39, 0.29) is 36.0 Å². The highest BCUT2D eigenvalue weighted by molar-refractivity contribution is 5.95. The smallest absolute Gasteiger partial charge is 0.338 e. The average molecular weight is 363 g/mol. The number of benzene rings is 1. The van der Waals surface area contributed by atoms with Gasteiger partial charge in [-0.25, -0.2) is 9.59 Å². The van der Waals surface area contributed by atoms with Gasteiger partial charge in [-0.3, -0.25) is 10.1 Å². The van der Waals surface area contributed by atoms with E-state index in [1.165, 1.54) is 24.1 Å². The summed E-state index contributed by atoms with van der Waals surface area (Å²) in [7, 11) is 1.49. The van der Waals surface area contributed by atoms with E-state index in [2.05, 4.69) is 5.32 Å². The molecule has 0 bridgehead atoms. The molecule has 10 nitrogen and oxygen atoms in total. The van der Waals surface area contributed by atoms with Crippen LogP contribution in [0.25, 0.3) is 0 Å². The predicted molar refractivity (Wildman–Crippen MR) is 87.6 cm³/mol. The molecule has 0 fully saturated rings. The zero-order valence-corrected chi connectivity index (χ0v) is 14.4. The number of rotatable bonds is 4. The largest absolute Gasteiger partial charge is 0.463 e. The van der Waals surface area contributed by atoms with E-state index < -0.39 is 23.0 Å². The Morgan fingerprint density at radius 2 is 2.08 bits per heavy atom. The van der Waals surface area contributed by atoms with Gasteiger partial charge in [0.15, 0.2) is 11.5 Å². The van der Waals surface area contributed by atoms with E-state index in [9.17, 15) is 19.7 Å². The minimum absolute atomic E-state index is 0.0602. The number of urea groups is 1. The fourth-order valence-electron chi connectivity index (χ4n) is 2.88. The molecule has 2 amide bonds. The summed E-state index contributed by atoms with van der Waals surface area (Å²) in [5, 5.41) is 14.2. The Bertz CT molecular complexity index is 833. The van der Waals surface area contributed by atoms with Crippen molar-refractivity contribution in [3.63, 3.8) is 0 Å². The number of nitro benzene ring substituents is 1. The second-order valence-corrected chi connectivity index (χ2v) is 5.68. The van der Waals surface area contributed by atoms with Gasteiger partial charge >= 0.3 is 12.0 Å². The fraction of sp³-hybridized carbons (Fsp3) is 0.375. The van der Waals surface area contributed by atoms with Crippen LogP contribution in [0.1, 0.15) is 25.5 Å². The Morgan fingerprint density at radius 3 is 2.69 bits per heavy atom. The number of nitrogens with one attached hydrogen (secondary N) is 1. The number of ether oxygens (including phenoxy) is 3. The van der Waals surface area contributed by atoms with Crippen molar-refractivity contribution in [2.45, 2.75) is 19.9 Å². The Morgan fingerprint density at radius 1 is 1.42 bits per heavy atom. The molecule has 2 aliphatic rings. The van der Waals surface area contributed by atoms with Gasteiger partial charge in [-0.05, 0) is 19.9 Å². The lowest BCUT2D eigenvalue weighted by Crippen LogP contribution is -2.46. The van der Waals surface area contributed by atoms with Crippen LogP contribution in [0.3, 0.4) is 0 Å². The third kappa shape index (κ3) is 2.79. The van der Waals surface area contributed by atoms with Crippen LogP contribution >= 0.6 is 0 Å². The van der Waals surface area contributed by atoms with Crippen LogP contribution in [0.4, 0.5) is 10.5 Å². The molecule has 0 unspecified atom stereocenters.